The molecule has 32 heavy (non-hydrogen) atoms. The lowest BCUT2D eigenvalue weighted by atomic mass is 9.85. The molecule has 2 heterocycles. The highest BCUT2D eigenvalue weighted by molar-refractivity contribution is 5.79. The van der Waals surface area contributed by atoms with Crippen LogP contribution in [0.5, 0.6) is 5.75 Å². The van der Waals surface area contributed by atoms with E-state index < -0.39 is 0 Å². The topological polar surface area (TPSA) is 43.8 Å². The van der Waals surface area contributed by atoms with Gasteiger partial charge in [0.05, 0.1) is 0 Å². The first kappa shape index (κ1) is 22.3. The molecule has 1 aromatic rings. The van der Waals surface area contributed by atoms with Gasteiger partial charge in [-0.3, -0.25) is 9.69 Å². The molecule has 2 saturated carbocycles. The molecule has 1 aromatic carbocycles. The van der Waals surface area contributed by atoms with Crippen molar-refractivity contribution < 1.29 is 9.90 Å². The van der Waals surface area contributed by atoms with Crippen LogP contribution in [-0.2, 0) is 4.79 Å². The fraction of sp³-hybridized carbons (Fsp3) is 0.750. The lowest BCUT2D eigenvalue weighted by Crippen LogP contribution is -2.48. The smallest absolute Gasteiger partial charge is 0.225 e. The van der Waals surface area contributed by atoms with Crippen molar-refractivity contribution in [1.29, 1.82) is 0 Å². The normalized spacial score (nSPS) is 29.4. The number of carbonyl (C=O) groups is 1. The average molecular weight is 439 g/mol. The minimum absolute atomic E-state index is 0.298. The number of aromatic hydroxyl groups is 1. The van der Waals surface area contributed by atoms with Crippen molar-refractivity contribution in [3.05, 3.63) is 29.8 Å². The van der Waals surface area contributed by atoms with Crippen molar-refractivity contribution >= 4 is 5.91 Å². The Bertz CT molecular complexity index is 754. The molecule has 176 valence electrons. The zero-order valence-corrected chi connectivity index (χ0v) is 19.8. The molecule has 1 N–H and O–H groups in total. The predicted octanol–water partition coefficient (Wildman–Crippen LogP) is 5.70. The molecule has 0 radical (unpaired) electrons. The first-order valence-corrected chi connectivity index (χ1v) is 13.5. The van der Waals surface area contributed by atoms with Gasteiger partial charge in [-0.05, 0) is 80.9 Å². The average Bonchev–Trinajstić information content (AvgIpc) is 3.43. The number of nitrogens with zero attached hydrogens (tertiary/aromatic N) is 2. The van der Waals surface area contributed by atoms with Gasteiger partial charge in [0, 0.05) is 37.6 Å². The van der Waals surface area contributed by atoms with Crippen molar-refractivity contribution in [2.24, 2.45) is 11.8 Å². The van der Waals surface area contributed by atoms with E-state index in [0.29, 0.717) is 35.6 Å². The van der Waals surface area contributed by atoms with E-state index in [4.69, 9.17) is 0 Å². The minimum Gasteiger partial charge on any atom is -0.508 e. The molecule has 2 aliphatic heterocycles. The summed E-state index contributed by atoms with van der Waals surface area (Å²) in [7, 11) is 0. The van der Waals surface area contributed by atoms with E-state index in [1.165, 1.54) is 76.2 Å². The number of phenols is 1. The van der Waals surface area contributed by atoms with E-state index in [0.717, 1.165) is 38.4 Å². The van der Waals surface area contributed by atoms with Gasteiger partial charge in [0.1, 0.15) is 5.75 Å². The molecule has 4 heteroatoms. The van der Waals surface area contributed by atoms with Crippen LogP contribution in [0.1, 0.15) is 95.0 Å². The maximum Gasteiger partial charge on any atom is 0.225 e. The largest absolute Gasteiger partial charge is 0.508 e. The van der Waals surface area contributed by atoms with E-state index in [-0.39, 0.29) is 0 Å². The highest BCUT2D eigenvalue weighted by Gasteiger charge is 2.41. The van der Waals surface area contributed by atoms with Crippen LogP contribution in [-0.4, -0.2) is 52.5 Å². The first-order valence-electron chi connectivity index (χ1n) is 13.5. The maximum atomic E-state index is 13.4. The molecule has 3 atom stereocenters. The number of piperidine rings is 1. The Balaban J connectivity index is 1.21. The molecular formula is C28H42N2O2. The van der Waals surface area contributed by atoms with Crippen LogP contribution in [0.2, 0.25) is 0 Å². The van der Waals surface area contributed by atoms with Crippen molar-refractivity contribution in [1.82, 2.24) is 9.80 Å². The summed E-state index contributed by atoms with van der Waals surface area (Å²) in [6.07, 6.45) is 16.4. The van der Waals surface area contributed by atoms with Crippen LogP contribution in [0.3, 0.4) is 0 Å². The summed E-state index contributed by atoms with van der Waals surface area (Å²) >= 11 is 0. The molecular weight excluding hydrogens is 396 g/mol. The second kappa shape index (κ2) is 10.2. The Hall–Kier alpha value is -1.55. The Morgan fingerprint density at radius 2 is 1.62 bits per heavy atom. The van der Waals surface area contributed by atoms with Gasteiger partial charge in [-0.1, -0.05) is 44.2 Å². The molecule has 2 saturated heterocycles. The van der Waals surface area contributed by atoms with Gasteiger partial charge < -0.3 is 10.0 Å². The lowest BCUT2D eigenvalue weighted by Gasteiger charge is -2.41. The zero-order chi connectivity index (χ0) is 21.9. The third kappa shape index (κ3) is 5.00. The maximum absolute atomic E-state index is 13.4. The molecule has 1 amide bonds. The molecule has 0 spiro atoms. The number of carbonyl (C=O) groups excluding carboxylic acids is 1. The minimum atomic E-state index is 0.298. The van der Waals surface area contributed by atoms with Crippen LogP contribution < -0.4 is 0 Å². The second-order valence-corrected chi connectivity index (χ2v) is 11.2. The summed E-state index contributed by atoms with van der Waals surface area (Å²) in [5, 5.41) is 9.92. The van der Waals surface area contributed by atoms with E-state index in [2.05, 4.69) is 15.9 Å². The molecule has 0 unspecified atom stereocenters. The summed E-state index contributed by atoms with van der Waals surface area (Å²) in [6.45, 7) is 2.98. The summed E-state index contributed by atoms with van der Waals surface area (Å²) in [6, 6.07) is 9.18. The number of fused-ring (bicyclic) bond motifs is 2. The molecule has 0 aromatic heterocycles. The first-order chi connectivity index (χ1) is 15.7. The fourth-order valence-corrected chi connectivity index (χ4v) is 7.33. The van der Waals surface area contributed by atoms with Crippen LogP contribution in [0, 0.1) is 11.8 Å². The monoisotopic (exact) mass is 438 g/mol. The Morgan fingerprint density at radius 1 is 0.938 bits per heavy atom. The van der Waals surface area contributed by atoms with E-state index in [9.17, 15) is 9.90 Å². The molecule has 2 bridgehead atoms. The third-order valence-corrected chi connectivity index (χ3v) is 9.07. The van der Waals surface area contributed by atoms with E-state index in [1.54, 1.807) is 6.07 Å². The molecule has 4 aliphatic rings. The summed E-state index contributed by atoms with van der Waals surface area (Å²) in [4.78, 5) is 18.5. The van der Waals surface area contributed by atoms with Gasteiger partial charge in [0.2, 0.25) is 5.91 Å². The van der Waals surface area contributed by atoms with Gasteiger partial charge >= 0.3 is 0 Å². The van der Waals surface area contributed by atoms with Crippen LogP contribution in [0.25, 0.3) is 0 Å². The number of amides is 1. The zero-order valence-electron chi connectivity index (χ0n) is 19.8. The molecule has 4 fully saturated rings. The van der Waals surface area contributed by atoms with Gasteiger partial charge in [-0.25, -0.2) is 0 Å². The third-order valence-electron chi connectivity index (χ3n) is 9.07. The number of phenolic OH excluding ortho intramolecular Hbond substituents is 1. The Kier molecular flexibility index (Phi) is 7.06. The van der Waals surface area contributed by atoms with E-state index >= 15 is 0 Å². The Labute approximate surface area is 194 Å². The van der Waals surface area contributed by atoms with Crippen molar-refractivity contribution in [3.8, 4) is 5.75 Å². The van der Waals surface area contributed by atoms with Crippen molar-refractivity contribution in [2.45, 2.75) is 101 Å². The number of rotatable bonds is 7. The summed E-state index contributed by atoms with van der Waals surface area (Å²) < 4.78 is 0. The molecule has 4 nitrogen and oxygen atoms in total. The van der Waals surface area contributed by atoms with Gasteiger partial charge in [-0.2, -0.15) is 0 Å². The van der Waals surface area contributed by atoms with Crippen LogP contribution >= 0.6 is 0 Å². The van der Waals surface area contributed by atoms with Gasteiger partial charge in [-0.15, -0.1) is 0 Å². The number of hydrogen-bond acceptors (Lipinski definition) is 3. The van der Waals surface area contributed by atoms with Crippen LogP contribution in [0.15, 0.2) is 24.3 Å². The van der Waals surface area contributed by atoms with Gasteiger partial charge in [0.25, 0.3) is 0 Å². The highest BCUT2D eigenvalue weighted by atomic mass is 16.3. The quantitative estimate of drug-likeness (QED) is 0.594. The highest BCUT2D eigenvalue weighted by Crippen LogP contribution is 2.43. The van der Waals surface area contributed by atoms with Gasteiger partial charge in [0.15, 0.2) is 0 Å². The standard InChI is InChI=1S/C28H42N2O2/c31-27-12-6-11-23(19-27)24-17-25-13-14-26(18-24)30(25)16-15-29(20-21-7-2-1-3-8-21)28(32)22-9-4-5-10-22/h6,11-12,19,21-22,24-26,31H,1-5,7-10,13-18,20H2/t24-,25+,26-. The second-order valence-electron chi connectivity index (χ2n) is 11.2. The SMILES string of the molecule is O=C(C1CCCC1)N(CCN1[C@@H]2CC[C@H]1C[C@@H](c1cccc(O)c1)C2)CC1CCCCC1. The predicted molar refractivity (Wildman–Crippen MR) is 129 cm³/mol. The Morgan fingerprint density at radius 3 is 2.31 bits per heavy atom. The number of benzene rings is 1. The fourth-order valence-electron chi connectivity index (χ4n) is 7.33. The number of hydrogen-bond donors (Lipinski definition) is 1. The molecule has 2 aliphatic carbocycles. The van der Waals surface area contributed by atoms with Crippen molar-refractivity contribution in [3.63, 3.8) is 0 Å². The van der Waals surface area contributed by atoms with Crippen molar-refractivity contribution in [2.75, 3.05) is 19.6 Å². The lowest BCUT2D eigenvalue weighted by molar-refractivity contribution is -0.136. The molecule has 5 rings (SSSR count). The van der Waals surface area contributed by atoms with Crippen LogP contribution in [0.4, 0.5) is 0 Å². The summed E-state index contributed by atoms with van der Waals surface area (Å²) in [5.41, 5.74) is 1.30. The summed E-state index contributed by atoms with van der Waals surface area (Å²) in [5.74, 6) is 2.44. The van der Waals surface area contributed by atoms with E-state index in [1.807, 2.05) is 12.1 Å².